The molecule has 0 aliphatic heterocycles. The molecular formula is C17H23N3O2. The molecule has 0 radical (unpaired) electrons. The van der Waals surface area contributed by atoms with E-state index >= 15 is 0 Å². The van der Waals surface area contributed by atoms with Crippen LogP contribution in [0.4, 0.5) is 16.2 Å². The Labute approximate surface area is 131 Å². The first-order chi connectivity index (χ1) is 10.5. The smallest absolute Gasteiger partial charge is 0.332 e. The number of nitrogen functional groups attached to an aromatic ring is 1. The molecule has 0 atom stereocenters. The number of urea groups is 1. The zero-order valence-corrected chi connectivity index (χ0v) is 13.1. The zero-order chi connectivity index (χ0) is 16.1. The van der Waals surface area contributed by atoms with Crippen molar-refractivity contribution in [2.45, 2.75) is 39.5 Å². The molecule has 1 saturated carbocycles. The molecule has 1 aromatic rings. The number of benzene rings is 1. The van der Waals surface area contributed by atoms with Gasteiger partial charge in [-0.15, -0.1) is 0 Å². The van der Waals surface area contributed by atoms with E-state index in [1.165, 1.54) is 32.6 Å². The molecule has 2 rings (SSSR count). The lowest BCUT2D eigenvalue weighted by molar-refractivity contribution is -0.115. The highest BCUT2D eigenvalue weighted by Gasteiger charge is 2.21. The highest BCUT2D eigenvalue weighted by Crippen LogP contribution is 2.30. The maximum atomic E-state index is 12.3. The number of nitrogens with two attached hydrogens (primary N) is 1. The van der Waals surface area contributed by atoms with Crippen molar-refractivity contribution < 1.29 is 9.59 Å². The summed E-state index contributed by atoms with van der Waals surface area (Å²) in [6.45, 7) is 3.38. The Bertz CT molecular complexity index is 589. The third kappa shape index (κ3) is 3.87. The van der Waals surface area contributed by atoms with Gasteiger partial charge in [-0.05, 0) is 43.9 Å². The molecule has 1 aliphatic rings. The van der Waals surface area contributed by atoms with Crippen LogP contribution in [0.1, 0.15) is 39.5 Å². The van der Waals surface area contributed by atoms with E-state index < -0.39 is 6.03 Å². The van der Waals surface area contributed by atoms with Gasteiger partial charge in [-0.2, -0.15) is 0 Å². The van der Waals surface area contributed by atoms with E-state index in [9.17, 15) is 9.59 Å². The second-order valence-electron chi connectivity index (χ2n) is 5.77. The molecule has 1 aromatic carbocycles. The molecule has 0 bridgehead atoms. The summed E-state index contributed by atoms with van der Waals surface area (Å²) in [4.78, 5) is 25.2. The average molecular weight is 301 g/mol. The van der Waals surface area contributed by atoms with Crippen LogP contribution >= 0.6 is 0 Å². The maximum absolute atomic E-state index is 12.3. The van der Waals surface area contributed by atoms with Crippen LogP contribution in [0.25, 0.3) is 0 Å². The van der Waals surface area contributed by atoms with E-state index in [1.807, 2.05) is 6.92 Å². The Morgan fingerprint density at radius 2 is 1.95 bits per heavy atom. The first kappa shape index (κ1) is 16.1. The summed E-state index contributed by atoms with van der Waals surface area (Å²) in [5.74, 6) is 0.188. The molecule has 0 saturated heterocycles. The van der Waals surface area contributed by atoms with Gasteiger partial charge in [0.15, 0.2) is 0 Å². The van der Waals surface area contributed by atoms with E-state index in [0.29, 0.717) is 17.3 Å². The first-order valence-corrected chi connectivity index (χ1v) is 7.62. The van der Waals surface area contributed by atoms with E-state index in [0.717, 1.165) is 10.5 Å². The minimum Gasteiger partial charge on any atom is -0.399 e. The number of nitrogens with one attached hydrogen (secondary N) is 1. The highest BCUT2D eigenvalue weighted by atomic mass is 16.2. The van der Waals surface area contributed by atoms with Gasteiger partial charge in [0.1, 0.15) is 0 Å². The van der Waals surface area contributed by atoms with Gasteiger partial charge in [0.05, 0.1) is 5.69 Å². The normalized spacial score (nSPS) is 15.6. The number of carbonyl (C=O) groups is 2. The molecule has 0 aromatic heterocycles. The van der Waals surface area contributed by atoms with Gasteiger partial charge in [-0.3, -0.25) is 4.79 Å². The average Bonchev–Trinajstić information content (AvgIpc) is 2.99. The van der Waals surface area contributed by atoms with Crippen molar-refractivity contribution in [3.05, 3.63) is 36.0 Å². The van der Waals surface area contributed by atoms with Crippen LogP contribution in [-0.4, -0.2) is 11.9 Å². The number of carbonyl (C=O) groups excluding carboxylic acids is 2. The molecule has 1 fully saturated rings. The third-order valence-electron chi connectivity index (χ3n) is 4.07. The molecule has 0 spiro atoms. The molecule has 3 amide bonds. The fourth-order valence-electron chi connectivity index (χ4n) is 2.85. The lowest BCUT2D eigenvalue weighted by atomic mass is 10.0. The summed E-state index contributed by atoms with van der Waals surface area (Å²) in [7, 11) is 0. The highest BCUT2D eigenvalue weighted by molar-refractivity contribution is 6.13. The van der Waals surface area contributed by atoms with Crippen LogP contribution < -0.4 is 16.0 Å². The van der Waals surface area contributed by atoms with Crippen molar-refractivity contribution in [3.8, 4) is 0 Å². The van der Waals surface area contributed by atoms with Gasteiger partial charge < -0.3 is 11.1 Å². The molecule has 0 unspecified atom stereocenters. The predicted molar refractivity (Wildman–Crippen MR) is 88.3 cm³/mol. The minimum absolute atomic E-state index is 0.352. The SMILES string of the molecule is CC(=O)N(C(=O)N/C=C(\C)C1CCCC1)c1cccc(N)c1. The largest absolute Gasteiger partial charge is 0.399 e. The fourth-order valence-corrected chi connectivity index (χ4v) is 2.85. The molecule has 3 N–H and O–H groups in total. The zero-order valence-electron chi connectivity index (χ0n) is 13.1. The predicted octanol–water partition coefficient (Wildman–Crippen LogP) is 3.43. The number of imide groups is 1. The molecule has 1 aliphatic carbocycles. The summed E-state index contributed by atoms with van der Waals surface area (Å²) >= 11 is 0. The maximum Gasteiger partial charge on any atom is 0.332 e. The van der Waals surface area contributed by atoms with E-state index in [2.05, 4.69) is 5.32 Å². The quantitative estimate of drug-likeness (QED) is 0.840. The van der Waals surface area contributed by atoms with Crippen LogP contribution in [0.2, 0.25) is 0 Å². The van der Waals surface area contributed by atoms with Crippen molar-refractivity contribution in [1.82, 2.24) is 5.32 Å². The molecule has 0 heterocycles. The first-order valence-electron chi connectivity index (χ1n) is 7.62. The van der Waals surface area contributed by atoms with Gasteiger partial charge in [-0.25, -0.2) is 9.69 Å². The fraction of sp³-hybridized carbons (Fsp3) is 0.412. The molecule has 118 valence electrons. The summed E-state index contributed by atoms with van der Waals surface area (Å²) in [5.41, 5.74) is 7.85. The number of hydrogen-bond donors (Lipinski definition) is 2. The third-order valence-corrected chi connectivity index (χ3v) is 4.07. The summed E-state index contributed by atoms with van der Waals surface area (Å²) < 4.78 is 0. The minimum atomic E-state index is -0.463. The molecular weight excluding hydrogens is 278 g/mol. The lowest BCUT2D eigenvalue weighted by Crippen LogP contribution is -2.41. The number of nitrogens with zero attached hydrogens (tertiary/aromatic N) is 1. The Kier molecular flexibility index (Phi) is 5.20. The van der Waals surface area contributed by atoms with Gasteiger partial charge in [0, 0.05) is 18.8 Å². The van der Waals surface area contributed by atoms with Gasteiger partial charge in [0.2, 0.25) is 5.91 Å². The second kappa shape index (κ2) is 7.11. The molecule has 22 heavy (non-hydrogen) atoms. The Hall–Kier alpha value is -2.30. The van der Waals surface area contributed by atoms with E-state index in [1.54, 1.807) is 30.5 Å². The number of allylic oxidation sites excluding steroid dienone is 1. The van der Waals surface area contributed by atoms with Crippen LogP contribution in [0.5, 0.6) is 0 Å². The van der Waals surface area contributed by atoms with Crippen molar-refractivity contribution in [3.63, 3.8) is 0 Å². The van der Waals surface area contributed by atoms with Crippen LogP contribution in [0.15, 0.2) is 36.0 Å². The van der Waals surface area contributed by atoms with Crippen LogP contribution in [0, 0.1) is 5.92 Å². The van der Waals surface area contributed by atoms with Crippen molar-refractivity contribution in [1.29, 1.82) is 0 Å². The van der Waals surface area contributed by atoms with Crippen molar-refractivity contribution in [2.24, 2.45) is 5.92 Å². The monoisotopic (exact) mass is 301 g/mol. The second-order valence-corrected chi connectivity index (χ2v) is 5.77. The molecule has 5 heteroatoms. The van der Waals surface area contributed by atoms with Gasteiger partial charge in [-0.1, -0.05) is 24.5 Å². The van der Waals surface area contributed by atoms with Crippen LogP contribution in [0.3, 0.4) is 0 Å². The van der Waals surface area contributed by atoms with Gasteiger partial charge >= 0.3 is 6.03 Å². The van der Waals surface area contributed by atoms with E-state index in [-0.39, 0.29) is 5.91 Å². The number of rotatable bonds is 3. The van der Waals surface area contributed by atoms with Crippen molar-refractivity contribution >= 4 is 23.3 Å². The number of amides is 3. The Balaban J connectivity index is 2.10. The topological polar surface area (TPSA) is 75.4 Å². The lowest BCUT2D eigenvalue weighted by Gasteiger charge is -2.19. The van der Waals surface area contributed by atoms with Gasteiger partial charge in [0.25, 0.3) is 0 Å². The summed E-state index contributed by atoms with van der Waals surface area (Å²) in [6, 6.07) is 6.26. The van der Waals surface area contributed by atoms with Crippen molar-refractivity contribution in [2.75, 3.05) is 10.6 Å². The Morgan fingerprint density at radius 3 is 2.55 bits per heavy atom. The summed E-state index contributed by atoms with van der Waals surface area (Å²) in [5, 5.41) is 2.72. The summed E-state index contributed by atoms with van der Waals surface area (Å²) in [6.07, 6.45) is 6.55. The van der Waals surface area contributed by atoms with E-state index in [4.69, 9.17) is 5.73 Å². The number of anilines is 2. The van der Waals surface area contributed by atoms with Crippen LogP contribution in [-0.2, 0) is 4.79 Å². The standard InChI is InChI=1S/C17H23N3O2/c1-12(14-6-3-4-7-14)11-19-17(22)20(13(2)21)16-9-5-8-15(18)10-16/h5,8-11,14H,3-4,6-7,18H2,1-2H3,(H,19,22)/b12-11+. The Morgan fingerprint density at radius 1 is 1.27 bits per heavy atom. The molecule has 5 nitrogen and oxygen atoms in total. The number of hydrogen-bond acceptors (Lipinski definition) is 3.